The Balaban J connectivity index is 1.74. The predicted molar refractivity (Wildman–Crippen MR) is 109 cm³/mol. The van der Waals surface area contributed by atoms with Gasteiger partial charge in [0.1, 0.15) is 0 Å². The second-order valence-corrected chi connectivity index (χ2v) is 9.52. The van der Waals surface area contributed by atoms with Crippen LogP contribution < -0.4 is 0 Å². The predicted octanol–water partition coefficient (Wildman–Crippen LogP) is 7.00. The lowest BCUT2D eigenvalue weighted by Crippen LogP contribution is -2.42. The van der Waals surface area contributed by atoms with Gasteiger partial charge in [-0.3, -0.25) is 4.79 Å². The molecule has 1 fully saturated rings. The van der Waals surface area contributed by atoms with Crippen LogP contribution in [0.15, 0.2) is 30.9 Å². The first-order valence-corrected chi connectivity index (χ1v) is 10.8. The highest BCUT2D eigenvalue weighted by atomic mass is 35.5. The number of fused-ring (bicyclic) bond motifs is 1. The van der Waals surface area contributed by atoms with E-state index >= 15 is 8.78 Å². The number of aryl methyl sites for hydroxylation is 1. The van der Waals surface area contributed by atoms with Crippen LogP contribution in [0, 0.1) is 0 Å². The quantitative estimate of drug-likeness (QED) is 0.478. The highest BCUT2D eigenvalue weighted by Crippen LogP contribution is 2.57. The molecule has 4 rings (SSSR count). The maximum Gasteiger partial charge on any atom is 0.275 e. The lowest BCUT2D eigenvalue weighted by atomic mass is 9.72. The molecule has 2 aromatic rings. The normalized spacial score (nSPS) is 25.0. The zero-order valence-corrected chi connectivity index (χ0v) is 17.4. The van der Waals surface area contributed by atoms with Gasteiger partial charge in [-0.2, -0.15) is 0 Å². The number of ketones is 1. The number of carbonyl (C=O) groups excluding carboxylic acids is 1. The van der Waals surface area contributed by atoms with Crippen molar-refractivity contribution in [1.29, 1.82) is 0 Å². The summed E-state index contributed by atoms with van der Waals surface area (Å²) in [5.41, 5.74) is -0.186. The van der Waals surface area contributed by atoms with Gasteiger partial charge in [-0.05, 0) is 61.9 Å². The highest BCUT2D eigenvalue weighted by molar-refractivity contribution is 7.14. The number of aromatic nitrogens is 1. The summed E-state index contributed by atoms with van der Waals surface area (Å²) < 4.78 is 30.3. The summed E-state index contributed by atoms with van der Waals surface area (Å²) in [6, 6.07) is 4.69. The van der Waals surface area contributed by atoms with Gasteiger partial charge in [-0.25, -0.2) is 13.8 Å². The molecule has 0 radical (unpaired) electrons. The Hall–Kier alpha value is -1.30. The van der Waals surface area contributed by atoms with Crippen molar-refractivity contribution in [2.75, 3.05) is 0 Å². The number of Topliss-reactive ketones (excluding diaryl/α,β-unsaturated/α-hetero) is 1. The minimum absolute atomic E-state index is 0.118. The molecular weight excluding hydrogens is 423 g/mol. The van der Waals surface area contributed by atoms with E-state index in [9.17, 15) is 4.79 Å². The van der Waals surface area contributed by atoms with E-state index in [1.54, 1.807) is 18.2 Å². The minimum atomic E-state index is -3.12. The van der Waals surface area contributed by atoms with Gasteiger partial charge < -0.3 is 0 Å². The first-order chi connectivity index (χ1) is 13.3. The second-order valence-electron chi connectivity index (χ2n) is 7.61. The van der Waals surface area contributed by atoms with Crippen LogP contribution in [-0.4, -0.2) is 16.7 Å². The van der Waals surface area contributed by atoms with Crippen LogP contribution in [0.2, 0.25) is 10.0 Å². The van der Waals surface area contributed by atoms with Crippen LogP contribution in [0.1, 0.15) is 64.0 Å². The van der Waals surface area contributed by atoms with Gasteiger partial charge in [0.05, 0.1) is 21.0 Å². The zero-order chi connectivity index (χ0) is 20.1. The average molecular weight is 442 g/mol. The number of benzene rings is 1. The van der Waals surface area contributed by atoms with E-state index in [1.807, 2.05) is 0 Å². The maximum atomic E-state index is 15.2. The molecule has 2 aliphatic carbocycles. The molecule has 1 saturated carbocycles. The smallest absolute Gasteiger partial charge is 0.275 e. The molecular formula is C21H19Cl2F2NOS. The molecule has 0 spiro atoms. The monoisotopic (exact) mass is 441 g/mol. The number of hydrogen-bond donors (Lipinski definition) is 0. The van der Waals surface area contributed by atoms with E-state index in [4.69, 9.17) is 23.2 Å². The Morgan fingerprint density at radius 2 is 1.96 bits per heavy atom. The van der Waals surface area contributed by atoms with Crippen molar-refractivity contribution in [3.63, 3.8) is 0 Å². The van der Waals surface area contributed by atoms with E-state index in [0.717, 1.165) is 29.6 Å². The first kappa shape index (κ1) is 20.0. The molecule has 1 aromatic carbocycles. The third-order valence-electron chi connectivity index (χ3n) is 5.96. The Bertz CT molecular complexity index is 938. The summed E-state index contributed by atoms with van der Waals surface area (Å²) in [6.07, 6.45) is 3.89. The molecule has 2 aliphatic rings. The van der Waals surface area contributed by atoms with Gasteiger partial charge in [0.25, 0.3) is 5.92 Å². The average Bonchev–Trinajstić information content (AvgIpc) is 3.27. The molecule has 2 unspecified atom stereocenters. The molecule has 148 valence electrons. The summed E-state index contributed by atoms with van der Waals surface area (Å²) in [5, 5.41) is 1.45. The van der Waals surface area contributed by atoms with Crippen LogP contribution in [0.4, 0.5) is 8.78 Å². The summed E-state index contributed by atoms with van der Waals surface area (Å²) in [5.74, 6) is -3.14. The van der Waals surface area contributed by atoms with Crippen LogP contribution in [0.3, 0.4) is 0 Å². The first-order valence-electron chi connectivity index (χ1n) is 9.26. The van der Waals surface area contributed by atoms with Crippen LogP contribution in [0.5, 0.6) is 0 Å². The Morgan fingerprint density at radius 1 is 1.25 bits per heavy atom. The molecule has 28 heavy (non-hydrogen) atoms. The van der Waals surface area contributed by atoms with E-state index in [1.165, 1.54) is 11.3 Å². The minimum Gasteiger partial charge on any atom is -0.293 e. The highest BCUT2D eigenvalue weighted by Gasteiger charge is 2.57. The van der Waals surface area contributed by atoms with Crippen molar-refractivity contribution in [1.82, 2.24) is 4.98 Å². The fourth-order valence-corrected chi connectivity index (χ4v) is 6.24. The van der Waals surface area contributed by atoms with Gasteiger partial charge in [0.2, 0.25) is 0 Å². The van der Waals surface area contributed by atoms with E-state index < -0.39 is 11.3 Å². The van der Waals surface area contributed by atoms with E-state index in [2.05, 4.69) is 11.6 Å². The maximum absolute atomic E-state index is 15.2. The number of nitrogens with zero attached hydrogens (tertiary/aromatic N) is 1. The van der Waals surface area contributed by atoms with Gasteiger partial charge in [-0.15, -0.1) is 11.3 Å². The molecule has 0 aliphatic heterocycles. The molecule has 1 heterocycles. The van der Waals surface area contributed by atoms with Crippen LogP contribution >= 0.6 is 34.5 Å². The molecule has 0 amide bonds. The topological polar surface area (TPSA) is 30.0 Å². The molecule has 1 aromatic heterocycles. The SMILES string of the molecule is C=CC(F)(F)C1(c2cc(Cl)cc(Cl)c2)CCC(c2nc3c(s2)C(=O)CCC3)C1. The molecule has 0 saturated heterocycles. The lowest BCUT2D eigenvalue weighted by Gasteiger charge is -2.36. The number of carbonyl (C=O) groups is 1. The summed E-state index contributed by atoms with van der Waals surface area (Å²) in [6.45, 7) is 3.38. The largest absolute Gasteiger partial charge is 0.293 e. The number of hydrogen-bond acceptors (Lipinski definition) is 3. The van der Waals surface area contributed by atoms with Crippen molar-refractivity contribution in [2.24, 2.45) is 0 Å². The molecule has 7 heteroatoms. The molecule has 2 nitrogen and oxygen atoms in total. The number of allylic oxidation sites excluding steroid dienone is 1. The van der Waals surface area contributed by atoms with Crippen LogP contribution in [0.25, 0.3) is 0 Å². The van der Waals surface area contributed by atoms with Gasteiger partial charge >= 0.3 is 0 Å². The van der Waals surface area contributed by atoms with Crippen molar-refractivity contribution < 1.29 is 13.6 Å². The lowest BCUT2D eigenvalue weighted by molar-refractivity contribution is -0.0312. The standard InChI is InChI=1S/C21H19Cl2F2NOS/c1-2-21(24,25)20(13-8-14(22)10-15(23)9-13)7-6-12(11-20)19-26-16-4-3-5-17(27)18(16)28-19/h2,8-10,12H,1,3-7,11H2. The third kappa shape index (κ3) is 3.21. The van der Waals surface area contributed by atoms with Crippen LogP contribution in [-0.2, 0) is 11.8 Å². The van der Waals surface area contributed by atoms with E-state index in [-0.39, 0.29) is 24.5 Å². The van der Waals surface area contributed by atoms with Gasteiger partial charge in [0, 0.05) is 22.4 Å². The third-order valence-corrected chi connectivity index (χ3v) is 7.70. The summed E-state index contributed by atoms with van der Waals surface area (Å²) in [4.78, 5) is 17.5. The van der Waals surface area contributed by atoms with Gasteiger partial charge in [-0.1, -0.05) is 29.8 Å². The van der Waals surface area contributed by atoms with Gasteiger partial charge in [0.15, 0.2) is 5.78 Å². The number of thiazole rings is 1. The molecule has 0 bridgehead atoms. The number of alkyl halides is 2. The molecule has 0 N–H and O–H groups in total. The Labute approximate surface area is 176 Å². The van der Waals surface area contributed by atoms with Crippen molar-refractivity contribution in [3.05, 3.63) is 62.0 Å². The second kappa shape index (κ2) is 7.19. The number of halogens is 4. The molecule has 2 atom stereocenters. The number of rotatable bonds is 4. The Morgan fingerprint density at radius 3 is 2.61 bits per heavy atom. The van der Waals surface area contributed by atoms with Crippen molar-refractivity contribution >= 4 is 40.3 Å². The zero-order valence-electron chi connectivity index (χ0n) is 15.1. The summed E-state index contributed by atoms with van der Waals surface area (Å²) in [7, 11) is 0. The summed E-state index contributed by atoms with van der Waals surface area (Å²) >= 11 is 13.6. The van der Waals surface area contributed by atoms with E-state index in [0.29, 0.717) is 33.3 Å². The Kier molecular flexibility index (Phi) is 5.13. The fraction of sp³-hybridized carbons (Fsp3) is 0.429. The van der Waals surface area contributed by atoms with Crippen molar-refractivity contribution in [2.45, 2.75) is 55.8 Å². The fourth-order valence-electron chi connectivity index (χ4n) is 4.50. The van der Waals surface area contributed by atoms with Crippen molar-refractivity contribution in [3.8, 4) is 0 Å².